The van der Waals surface area contributed by atoms with E-state index < -0.39 is 0 Å². The van der Waals surface area contributed by atoms with Crippen LogP contribution in [0, 0.1) is 4.77 Å². The molecule has 0 unspecified atom stereocenters. The van der Waals surface area contributed by atoms with Crippen molar-refractivity contribution in [2.75, 3.05) is 0 Å². The maximum atomic E-state index is 9.00. The molecule has 74 valence electrons. The average molecular weight is 200 g/mol. The van der Waals surface area contributed by atoms with E-state index in [-0.39, 0.29) is 6.61 Å². The van der Waals surface area contributed by atoms with Crippen molar-refractivity contribution in [3.63, 3.8) is 0 Å². The van der Waals surface area contributed by atoms with Gasteiger partial charge >= 0.3 is 0 Å². The number of aliphatic hydroxyl groups excluding tert-OH is 1. The van der Waals surface area contributed by atoms with Crippen molar-refractivity contribution in [1.29, 1.82) is 0 Å². The maximum Gasteiger partial charge on any atom is 0.177 e. The lowest BCUT2D eigenvalue weighted by atomic mass is 10.2. The van der Waals surface area contributed by atoms with Crippen molar-refractivity contribution in [2.24, 2.45) is 0 Å². The molecule has 0 spiro atoms. The second-order valence-corrected chi connectivity index (χ2v) is 3.49. The molecule has 1 aromatic heterocycles. The highest BCUT2D eigenvalue weighted by molar-refractivity contribution is 7.71. The Kier molecular flexibility index (Phi) is 4.18. The van der Waals surface area contributed by atoms with Gasteiger partial charge in [-0.2, -0.15) is 0 Å². The molecule has 1 rings (SSSR count). The zero-order valence-electron chi connectivity index (χ0n) is 7.92. The first kappa shape index (κ1) is 10.5. The van der Waals surface area contributed by atoms with Crippen LogP contribution in [0.25, 0.3) is 0 Å². The molecule has 0 aromatic carbocycles. The van der Waals surface area contributed by atoms with E-state index in [0.29, 0.717) is 4.77 Å². The van der Waals surface area contributed by atoms with Gasteiger partial charge < -0.3 is 14.7 Å². The second kappa shape index (κ2) is 5.19. The van der Waals surface area contributed by atoms with Crippen LogP contribution < -0.4 is 0 Å². The summed E-state index contributed by atoms with van der Waals surface area (Å²) in [6, 6.07) is 0. The van der Waals surface area contributed by atoms with Crippen LogP contribution in [0.2, 0.25) is 0 Å². The van der Waals surface area contributed by atoms with Gasteiger partial charge in [0.2, 0.25) is 0 Å². The van der Waals surface area contributed by atoms with Crippen molar-refractivity contribution in [2.45, 2.75) is 39.3 Å². The summed E-state index contributed by atoms with van der Waals surface area (Å²) in [7, 11) is 0. The van der Waals surface area contributed by atoms with Crippen molar-refractivity contribution in [1.82, 2.24) is 9.55 Å². The average Bonchev–Trinajstić information content (AvgIpc) is 2.48. The Morgan fingerprint density at radius 3 is 2.92 bits per heavy atom. The predicted octanol–water partition coefficient (Wildman–Crippen LogP) is 2.23. The van der Waals surface area contributed by atoms with Crippen molar-refractivity contribution in [3.8, 4) is 0 Å². The Hall–Kier alpha value is -0.610. The van der Waals surface area contributed by atoms with Gasteiger partial charge in [0.25, 0.3) is 0 Å². The molecule has 13 heavy (non-hydrogen) atoms. The minimum absolute atomic E-state index is 0.0548. The third-order valence-corrected chi connectivity index (χ3v) is 2.44. The molecule has 0 saturated carbocycles. The largest absolute Gasteiger partial charge is 0.390 e. The molecule has 0 radical (unpaired) electrons. The Bertz CT molecular complexity index is 303. The molecule has 0 aliphatic carbocycles. The Morgan fingerprint density at radius 1 is 1.54 bits per heavy atom. The summed E-state index contributed by atoms with van der Waals surface area (Å²) in [5.74, 6) is 0. The van der Waals surface area contributed by atoms with Gasteiger partial charge in [0.15, 0.2) is 4.77 Å². The van der Waals surface area contributed by atoms with Crippen LogP contribution in [0.3, 0.4) is 0 Å². The van der Waals surface area contributed by atoms with Gasteiger partial charge in [0.1, 0.15) is 0 Å². The maximum absolute atomic E-state index is 9.00. The van der Waals surface area contributed by atoms with Crippen LogP contribution >= 0.6 is 12.2 Å². The fourth-order valence-electron chi connectivity index (χ4n) is 1.33. The first-order valence-electron chi connectivity index (χ1n) is 4.67. The number of hydrogen-bond donors (Lipinski definition) is 2. The van der Waals surface area contributed by atoms with Gasteiger partial charge in [-0.05, 0) is 18.6 Å². The monoisotopic (exact) mass is 200 g/mol. The first-order valence-corrected chi connectivity index (χ1v) is 5.08. The number of aromatic amines is 1. The number of imidazole rings is 1. The molecule has 3 nitrogen and oxygen atoms in total. The highest BCUT2D eigenvalue weighted by Crippen LogP contribution is 2.05. The predicted molar refractivity (Wildman–Crippen MR) is 55.1 cm³/mol. The normalized spacial score (nSPS) is 10.6. The third-order valence-electron chi connectivity index (χ3n) is 2.10. The van der Waals surface area contributed by atoms with Crippen molar-refractivity contribution in [3.05, 3.63) is 16.7 Å². The topological polar surface area (TPSA) is 41.0 Å². The lowest BCUT2D eigenvalue weighted by Crippen LogP contribution is -2.03. The molecule has 0 atom stereocenters. The van der Waals surface area contributed by atoms with Crippen LogP contribution in [-0.4, -0.2) is 14.7 Å². The molecular formula is C9H16N2OS. The summed E-state index contributed by atoms with van der Waals surface area (Å²) in [4.78, 5) is 2.93. The van der Waals surface area contributed by atoms with E-state index in [1.54, 1.807) is 6.20 Å². The molecule has 0 aliphatic rings. The fourth-order valence-corrected chi connectivity index (χ4v) is 1.59. The van der Waals surface area contributed by atoms with Gasteiger partial charge in [-0.25, -0.2) is 0 Å². The Balaban J connectivity index is 2.63. The van der Waals surface area contributed by atoms with Crippen molar-refractivity contribution >= 4 is 12.2 Å². The molecule has 1 aromatic rings. The zero-order chi connectivity index (χ0) is 9.68. The molecule has 4 heteroatoms. The number of aliphatic hydroxyl groups is 1. The van der Waals surface area contributed by atoms with Crippen LogP contribution in [0.1, 0.15) is 31.9 Å². The number of aromatic nitrogens is 2. The lowest BCUT2D eigenvalue weighted by molar-refractivity contribution is 0.270. The first-order chi connectivity index (χ1) is 6.29. The summed E-state index contributed by atoms with van der Waals surface area (Å²) < 4.78 is 2.67. The standard InChI is InChI=1S/C9H16N2OS/c1-2-3-4-5-11-8(7-12)6-10-9(11)13/h6,12H,2-5,7H2,1H3,(H,10,13). The van der Waals surface area contributed by atoms with Crippen LogP contribution in [0.4, 0.5) is 0 Å². The Morgan fingerprint density at radius 2 is 2.31 bits per heavy atom. The summed E-state index contributed by atoms with van der Waals surface area (Å²) in [6.45, 7) is 3.13. The molecule has 0 fully saturated rings. The molecule has 0 saturated heterocycles. The van der Waals surface area contributed by atoms with Gasteiger partial charge in [-0.15, -0.1) is 0 Å². The van der Waals surface area contributed by atoms with E-state index in [9.17, 15) is 0 Å². The molecule has 2 N–H and O–H groups in total. The summed E-state index contributed by atoms with van der Waals surface area (Å²) in [5, 5.41) is 9.00. The van der Waals surface area contributed by atoms with E-state index in [2.05, 4.69) is 11.9 Å². The fraction of sp³-hybridized carbons (Fsp3) is 0.667. The number of nitrogens with one attached hydrogen (secondary N) is 1. The summed E-state index contributed by atoms with van der Waals surface area (Å²) in [6.07, 6.45) is 5.30. The van der Waals surface area contributed by atoms with Gasteiger partial charge in [-0.1, -0.05) is 19.8 Å². The quantitative estimate of drug-likeness (QED) is 0.565. The number of hydrogen-bond acceptors (Lipinski definition) is 2. The second-order valence-electron chi connectivity index (χ2n) is 3.10. The van der Waals surface area contributed by atoms with E-state index in [1.165, 1.54) is 12.8 Å². The molecular weight excluding hydrogens is 184 g/mol. The number of unbranched alkanes of at least 4 members (excludes halogenated alkanes) is 2. The van der Waals surface area contributed by atoms with E-state index in [4.69, 9.17) is 17.3 Å². The zero-order valence-corrected chi connectivity index (χ0v) is 8.73. The highest BCUT2D eigenvalue weighted by Gasteiger charge is 2.01. The van der Waals surface area contributed by atoms with Crippen LogP contribution in [-0.2, 0) is 13.2 Å². The summed E-state index contributed by atoms with van der Waals surface area (Å²) in [5.41, 5.74) is 0.876. The van der Waals surface area contributed by atoms with Gasteiger partial charge in [0, 0.05) is 12.7 Å². The van der Waals surface area contributed by atoms with Gasteiger partial charge in [0.05, 0.1) is 12.3 Å². The van der Waals surface area contributed by atoms with E-state index >= 15 is 0 Å². The number of nitrogens with zero attached hydrogens (tertiary/aromatic N) is 1. The molecule has 1 heterocycles. The Labute approximate surface area is 83.4 Å². The molecule has 0 amide bonds. The SMILES string of the molecule is CCCCCn1c(CO)c[nH]c1=S. The van der Waals surface area contributed by atoms with Crippen molar-refractivity contribution < 1.29 is 5.11 Å². The minimum atomic E-state index is 0.0548. The lowest BCUT2D eigenvalue weighted by Gasteiger charge is -2.04. The highest BCUT2D eigenvalue weighted by atomic mass is 32.1. The van der Waals surface area contributed by atoms with E-state index in [1.807, 2.05) is 4.57 Å². The molecule has 0 aliphatic heterocycles. The summed E-state index contributed by atoms with van der Waals surface area (Å²) >= 11 is 5.09. The van der Waals surface area contributed by atoms with Crippen LogP contribution in [0.5, 0.6) is 0 Å². The molecule has 0 bridgehead atoms. The number of rotatable bonds is 5. The number of H-pyrrole nitrogens is 1. The van der Waals surface area contributed by atoms with E-state index in [0.717, 1.165) is 18.7 Å². The minimum Gasteiger partial charge on any atom is -0.390 e. The van der Waals surface area contributed by atoms with Gasteiger partial charge in [-0.3, -0.25) is 0 Å². The smallest absolute Gasteiger partial charge is 0.177 e. The third kappa shape index (κ3) is 2.67. The van der Waals surface area contributed by atoms with Crippen LogP contribution in [0.15, 0.2) is 6.20 Å².